The predicted octanol–water partition coefficient (Wildman–Crippen LogP) is 4.77. The van der Waals surface area contributed by atoms with Gasteiger partial charge < -0.3 is 14.5 Å². The van der Waals surface area contributed by atoms with Gasteiger partial charge in [-0.05, 0) is 48.7 Å². The molecule has 2 aromatic carbocycles. The summed E-state index contributed by atoms with van der Waals surface area (Å²) in [7, 11) is 0. The minimum Gasteiger partial charge on any atom is -0.487 e. The van der Waals surface area contributed by atoms with E-state index in [0.717, 1.165) is 56.2 Å². The second kappa shape index (κ2) is 10.6. The summed E-state index contributed by atoms with van der Waals surface area (Å²) in [5, 5.41) is 0.0638. The van der Waals surface area contributed by atoms with Crippen molar-refractivity contribution in [2.75, 3.05) is 42.5 Å². The Balaban J connectivity index is 1.17. The van der Waals surface area contributed by atoms with Gasteiger partial charge >= 0.3 is 0 Å². The van der Waals surface area contributed by atoms with Crippen molar-refractivity contribution in [1.29, 1.82) is 0 Å². The van der Waals surface area contributed by atoms with Gasteiger partial charge in [0.15, 0.2) is 0 Å². The summed E-state index contributed by atoms with van der Waals surface area (Å²) in [4.78, 5) is 24.0. The molecule has 2 fully saturated rings. The van der Waals surface area contributed by atoms with Crippen LogP contribution in [0.15, 0.2) is 66.9 Å². The molecule has 1 atom stereocenters. The molecule has 0 spiro atoms. The van der Waals surface area contributed by atoms with Crippen LogP contribution in [0.2, 0.25) is 5.02 Å². The first-order valence-electron chi connectivity index (χ1n) is 12.0. The summed E-state index contributed by atoms with van der Waals surface area (Å²) in [5.41, 5.74) is 1.68. The lowest BCUT2D eigenvalue weighted by molar-refractivity contribution is -0.121. The molecule has 0 aliphatic carbocycles. The van der Waals surface area contributed by atoms with E-state index in [-0.39, 0.29) is 17.0 Å². The first-order chi connectivity index (χ1) is 17.1. The number of halogens is 2. The SMILES string of the molecule is O=C1C(N2CCCN(c3ccc(OCc4ccccc4)cn3)CC2)CCN1c1ccc(Cl)c(F)c1. The van der Waals surface area contributed by atoms with E-state index in [0.29, 0.717) is 18.8 Å². The van der Waals surface area contributed by atoms with Crippen LogP contribution in [0, 0.1) is 5.82 Å². The van der Waals surface area contributed by atoms with Gasteiger partial charge in [0, 0.05) is 38.4 Å². The molecule has 6 nitrogen and oxygen atoms in total. The van der Waals surface area contributed by atoms with Gasteiger partial charge in [-0.25, -0.2) is 9.37 Å². The Morgan fingerprint density at radius 3 is 2.63 bits per heavy atom. The number of hydrogen-bond acceptors (Lipinski definition) is 5. The van der Waals surface area contributed by atoms with Crippen LogP contribution in [0.25, 0.3) is 0 Å². The van der Waals surface area contributed by atoms with Gasteiger partial charge in [0.05, 0.1) is 17.3 Å². The van der Waals surface area contributed by atoms with Crippen LogP contribution in [-0.2, 0) is 11.4 Å². The largest absolute Gasteiger partial charge is 0.487 e. The number of carbonyl (C=O) groups is 1. The van der Waals surface area contributed by atoms with Crippen LogP contribution in [0.5, 0.6) is 5.75 Å². The molecule has 35 heavy (non-hydrogen) atoms. The van der Waals surface area contributed by atoms with E-state index >= 15 is 0 Å². The minimum absolute atomic E-state index is 0.0261. The first kappa shape index (κ1) is 23.6. The van der Waals surface area contributed by atoms with Crippen LogP contribution in [0.4, 0.5) is 15.9 Å². The van der Waals surface area contributed by atoms with Gasteiger partial charge in [0.1, 0.15) is 24.0 Å². The fourth-order valence-corrected chi connectivity index (χ4v) is 4.89. The Kier molecular flexibility index (Phi) is 7.16. The third-order valence-electron chi connectivity index (χ3n) is 6.66. The highest BCUT2D eigenvalue weighted by molar-refractivity contribution is 6.30. The van der Waals surface area contributed by atoms with Crippen molar-refractivity contribution in [3.63, 3.8) is 0 Å². The standard InChI is InChI=1S/C27H28ClFN4O2/c28-23-9-7-21(17-24(23)29)33-14-11-25(27(33)34)31-12-4-13-32(16-15-31)26-10-8-22(18-30-26)35-19-20-5-2-1-3-6-20/h1-3,5-10,17-18,25H,4,11-16,19H2. The summed E-state index contributed by atoms with van der Waals surface area (Å²) in [6.45, 7) is 4.37. The van der Waals surface area contributed by atoms with Crippen LogP contribution in [0.3, 0.4) is 0 Å². The number of anilines is 2. The molecule has 182 valence electrons. The minimum atomic E-state index is -0.505. The van der Waals surface area contributed by atoms with E-state index in [1.165, 1.54) is 12.1 Å². The number of amides is 1. The van der Waals surface area contributed by atoms with Crippen LogP contribution in [-0.4, -0.2) is 54.6 Å². The normalized spacial score (nSPS) is 19.1. The molecule has 0 bridgehead atoms. The fraction of sp³-hybridized carbons (Fsp3) is 0.333. The molecule has 5 rings (SSSR count). The summed E-state index contributed by atoms with van der Waals surface area (Å²) in [5.74, 6) is 1.17. The molecule has 0 N–H and O–H groups in total. The fourth-order valence-electron chi connectivity index (χ4n) is 4.78. The molecule has 3 aromatic rings. The number of nitrogens with zero attached hydrogens (tertiary/aromatic N) is 4. The van der Waals surface area contributed by atoms with Gasteiger partial charge in [-0.1, -0.05) is 41.9 Å². The quantitative estimate of drug-likeness (QED) is 0.494. The second-order valence-electron chi connectivity index (χ2n) is 8.90. The van der Waals surface area contributed by atoms with E-state index in [2.05, 4.69) is 14.8 Å². The molecule has 2 aliphatic heterocycles. The number of hydrogen-bond donors (Lipinski definition) is 0. The van der Waals surface area contributed by atoms with Gasteiger partial charge in [-0.3, -0.25) is 9.69 Å². The lowest BCUT2D eigenvalue weighted by Gasteiger charge is -2.27. The molecule has 2 aliphatic rings. The summed E-state index contributed by atoms with van der Waals surface area (Å²) in [6.07, 6.45) is 3.44. The molecule has 1 unspecified atom stereocenters. The van der Waals surface area contributed by atoms with Gasteiger partial charge in [0.25, 0.3) is 0 Å². The number of rotatable bonds is 6. The van der Waals surface area contributed by atoms with Crippen molar-refractivity contribution in [1.82, 2.24) is 9.88 Å². The molecule has 1 aromatic heterocycles. The van der Waals surface area contributed by atoms with E-state index in [9.17, 15) is 9.18 Å². The van der Waals surface area contributed by atoms with Gasteiger partial charge in [0.2, 0.25) is 5.91 Å². The maximum absolute atomic E-state index is 13.9. The van der Waals surface area contributed by atoms with Crippen molar-refractivity contribution in [3.05, 3.63) is 83.3 Å². The summed E-state index contributed by atoms with van der Waals surface area (Å²) >= 11 is 5.80. The molecule has 3 heterocycles. The van der Waals surface area contributed by atoms with Crippen LogP contribution >= 0.6 is 11.6 Å². The van der Waals surface area contributed by atoms with Crippen molar-refractivity contribution in [3.8, 4) is 5.75 Å². The number of carbonyl (C=O) groups excluding carboxylic acids is 1. The lowest BCUT2D eigenvalue weighted by atomic mass is 10.2. The van der Waals surface area contributed by atoms with Crippen molar-refractivity contribution >= 4 is 29.0 Å². The smallest absolute Gasteiger partial charge is 0.244 e. The monoisotopic (exact) mass is 494 g/mol. The number of aromatic nitrogens is 1. The highest BCUT2D eigenvalue weighted by atomic mass is 35.5. The van der Waals surface area contributed by atoms with Crippen LogP contribution < -0.4 is 14.5 Å². The Morgan fingerprint density at radius 1 is 1.00 bits per heavy atom. The average molecular weight is 495 g/mol. The summed E-state index contributed by atoms with van der Waals surface area (Å²) in [6, 6.07) is 18.4. The Hall–Kier alpha value is -3.16. The Labute approximate surface area is 209 Å². The molecular weight excluding hydrogens is 467 g/mol. The zero-order chi connectivity index (χ0) is 24.2. The van der Waals surface area contributed by atoms with Gasteiger partial charge in [-0.2, -0.15) is 0 Å². The average Bonchev–Trinajstić information content (AvgIpc) is 3.10. The third-order valence-corrected chi connectivity index (χ3v) is 6.96. The Morgan fingerprint density at radius 2 is 1.86 bits per heavy atom. The maximum Gasteiger partial charge on any atom is 0.244 e. The van der Waals surface area contributed by atoms with E-state index in [4.69, 9.17) is 16.3 Å². The lowest BCUT2D eigenvalue weighted by Crippen LogP contribution is -2.43. The number of benzene rings is 2. The molecule has 1 amide bonds. The van der Waals surface area contributed by atoms with Crippen LogP contribution in [0.1, 0.15) is 18.4 Å². The molecule has 0 radical (unpaired) electrons. The third kappa shape index (κ3) is 5.41. The number of ether oxygens (including phenoxy) is 1. The van der Waals surface area contributed by atoms with E-state index in [1.54, 1.807) is 17.2 Å². The highest BCUT2D eigenvalue weighted by Crippen LogP contribution is 2.28. The first-order valence-corrected chi connectivity index (χ1v) is 12.3. The molecule has 8 heteroatoms. The highest BCUT2D eigenvalue weighted by Gasteiger charge is 2.37. The summed E-state index contributed by atoms with van der Waals surface area (Å²) < 4.78 is 19.8. The van der Waals surface area contributed by atoms with Crippen molar-refractivity contribution < 1.29 is 13.9 Å². The Bertz CT molecular complexity index is 1160. The molecular formula is C27H28ClFN4O2. The zero-order valence-corrected chi connectivity index (χ0v) is 20.2. The molecule has 2 saturated heterocycles. The van der Waals surface area contributed by atoms with E-state index in [1.807, 2.05) is 42.5 Å². The van der Waals surface area contributed by atoms with Crippen molar-refractivity contribution in [2.45, 2.75) is 25.5 Å². The van der Waals surface area contributed by atoms with Gasteiger partial charge in [-0.15, -0.1) is 0 Å². The zero-order valence-electron chi connectivity index (χ0n) is 19.4. The topological polar surface area (TPSA) is 48.9 Å². The predicted molar refractivity (Wildman–Crippen MR) is 136 cm³/mol. The van der Waals surface area contributed by atoms with E-state index < -0.39 is 5.82 Å². The maximum atomic E-state index is 13.9. The second-order valence-corrected chi connectivity index (χ2v) is 9.30. The molecule has 0 saturated carbocycles. The number of pyridine rings is 1. The van der Waals surface area contributed by atoms with Crippen molar-refractivity contribution in [2.24, 2.45) is 0 Å².